The average molecular weight is 383 g/mol. The second kappa shape index (κ2) is 8.91. The number of nitrogens with zero attached hydrogens (tertiary/aromatic N) is 3. The summed E-state index contributed by atoms with van der Waals surface area (Å²) in [5, 5.41) is 4.73. The lowest BCUT2D eigenvalue weighted by Gasteiger charge is -2.34. The summed E-state index contributed by atoms with van der Waals surface area (Å²) in [5.74, 6) is 0.675. The van der Waals surface area contributed by atoms with Gasteiger partial charge in [-0.2, -0.15) is 5.10 Å². The Balaban J connectivity index is 1.62. The van der Waals surface area contributed by atoms with Gasteiger partial charge in [0, 0.05) is 31.2 Å². The summed E-state index contributed by atoms with van der Waals surface area (Å²) in [6.07, 6.45) is 3.49. The number of carbonyl (C=O) groups excluding carboxylic acids is 1. The highest BCUT2D eigenvalue weighted by atomic mass is 16.2. The zero-order chi connectivity index (χ0) is 20.3. The quantitative estimate of drug-likeness (QED) is 0.833. The van der Waals surface area contributed by atoms with E-state index in [-0.39, 0.29) is 11.9 Å². The summed E-state index contributed by atoms with van der Waals surface area (Å²) in [4.78, 5) is 14.8. The van der Waals surface area contributed by atoms with Crippen LogP contribution in [0.1, 0.15) is 54.3 Å². The number of hydrogen-bond acceptors (Lipinski definition) is 3. The fourth-order valence-corrected chi connectivity index (χ4v) is 4.17. The molecular weight excluding hydrogens is 348 g/mol. The number of carbonyl (C=O) groups is 1. The Hall–Kier alpha value is -2.14. The van der Waals surface area contributed by atoms with E-state index in [1.165, 1.54) is 16.7 Å². The Morgan fingerprint density at radius 3 is 2.64 bits per heavy atom. The van der Waals surface area contributed by atoms with E-state index < -0.39 is 0 Å². The highest BCUT2D eigenvalue weighted by molar-refractivity contribution is 5.76. The van der Waals surface area contributed by atoms with Gasteiger partial charge >= 0.3 is 0 Å². The van der Waals surface area contributed by atoms with E-state index in [1.54, 1.807) is 0 Å². The summed E-state index contributed by atoms with van der Waals surface area (Å²) in [6.45, 7) is 10.7. The summed E-state index contributed by atoms with van der Waals surface area (Å²) in [7, 11) is 0. The van der Waals surface area contributed by atoms with Gasteiger partial charge in [0.2, 0.25) is 5.91 Å². The monoisotopic (exact) mass is 382 g/mol. The van der Waals surface area contributed by atoms with Crippen molar-refractivity contribution in [3.63, 3.8) is 0 Å². The maximum Gasteiger partial charge on any atom is 0.222 e. The number of benzene rings is 1. The molecule has 1 fully saturated rings. The number of piperidine rings is 1. The van der Waals surface area contributed by atoms with Crippen LogP contribution in [0.2, 0.25) is 0 Å². The van der Waals surface area contributed by atoms with Crippen LogP contribution in [0.5, 0.6) is 0 Å². The van der Waals surface area contributed by atoms with Crippen molar-refractivity contribution >= 4 is 5.91 Å². The zero-order valence-electron chi connectivity index (χ0n) is 17.7. The van der Waals surface area contributed by atoms with Crippen molar-refractivity contribution < 1.29 is 4.79 Å². The normalized spacial score (nSPS) is 18.3. The summed E-state index contributed by atoms with van der Waals surface area (Å²) < 4.78 is 2.06. The molecule has 0 radical (unpaired) electrons. The number of aromatic nitrogens is 2. The molecule has 1 aliphatic rings. The third kappa shape index (κ3) is 4.82. The molecule has 152 valence electrons. The van der Waals surface area contributed by atoms with Crippen LogP contribution < -0.4 is 5.73 Å². The van der Waals surface area contributed by atoms with E-state index in [0.717, 1.165) is 50.3 Å². The number of rotatable bonds is 6. The lowest BCUT2D eigenvalue weighted by atomic mass is 9.92. The van der Waals surface area contributed by atoms with Gasteiger partial charge in [0.25, 0.3) is 0 Å². The predicted octanol–water partition coefficient (Wildman–Crippen LogP) is 3.38. The smallest absolute Gasteiger partial charge is 0.222 e. The Bertz CT molecular complexity index is 807. The fourth-order valence-electron chi connectivity index (χ4n) is 4.17. The van der Waals surface area contributed by atoms with Crippen LogP contribution in [0, 0.1) is 26.7 Å². The summed E-state index contributed by atoms with van der Waals surface area (Å²) in [5.41, 5.74) is 12.0. The average Bonchev–Trinajstić information content (AvgIpc) is 2.94. The molecular formula is C23H34N4O. The highest BCUT2D eigenvalue weighted by Gasteiger charge is 2.26. The van der Waals surface area contributed by atoms with Crippen molar-refractivity contribution in [3.8, 4) is 0 Å². The van der Waals surface area contributed by atoms with Crippen molar-refractivity contribution in [1.82, 2.24) is 14.7 Å². The molecule has 5 heteroatoms. The molecule has 0 saturated carbocycles. The first-order chi connectivity index (χ1) is 13.3. The number of hydrogen-bond donors (Lipinski definition) is 1. The van der Waals surface area contributed by atoms with Gasteiger partial charge in [0.15, 0.2) is 0 Å². The highest BCUT2D eigenvalue weighted by Crippen LogP contribution is 2.21. The number of likely N-dealkylation sites (tertiary alicyclic amines) is 1. The van der Waals surface area contributed by atoms with Crippen LogP contribution in [-0.2, 0) is 17.8 Å². The second-order valence-electron chi connectivity index (χ2n) is 8.39. The maximum atomic E-state index is 12.7. The minimum atomic E-state index is 0.153. The molecule has 2 unspecified atom stereocenters. The molecule has 1 aromatic carbocycles. The Labute approximate surface area is 168 Å². The van der Waals surface area contributed by atoms with Gasteiger partial charge in [0.05, 0.1) is 12.2 Å². The molecule has 2 N–H and O–H groups in total. The van der Waals surface area contributed by atoms with Crippen molar-refractivity contribution in [2.75, 3.05) is 13.1 Å². The van der Waals surface area contributed by atoms with E-state index >= 15 is 0 Å². The van der Waals surface area contributed by atoms with Crippen molar-refractivity contribution in [2.45, 2.75) is 66.0 Å². The van der Waals surface area contributed by atoms with Crippen LogP contribution in [0.25, 0.3) is 0 Å². The van der Waals surface area contributed by atoms with Crippen molar-refractivity contribution in [2.24, 2.45) is 11.7 Å². The van der Waals surface area contributed by atoms with Crippen LogP contribution in [-0.4, -0.2) is 39.7 Å². The molecule has 1 amide bonds. The topological polar surface area (TPSA) is 64.2 Å². The summed E-state index contributed by atoms with van der Waals surface area (Å²) in [6, 6.07) is 8.73. The third-order valence-electron chi connectivity index (χ3n) is 6.13. The first-order valence-electron chi connectivity index (χ1n) is 10.5. The van der Waals surface area contributed by atoms with Gasteiger partial charge in [-0.3, -0.25) is 9.48 Å². The van der Waals surface area contributed by atoms with Gasteiger partial charge in [-0.05, 0) is 64.0 Å². The SMILES string of the molecule is Cc1ccc(Cn2nc(C)c(CCC(=O)N3CCCC(C(C)N)C3)c2C)cc1. The molecule has 5 nitrogen and oxygen atoms in total. The molecule has 28 heavy (non-hydrogen) atoms. The van der Waals surface area contributed by atoms with Gasteiger partial charge < -0.3 is 10.6 Å². The molecule has 1 aliphatic heterocycles. The standard InChI is InChI=1S/C23H34N4O/c1-16-7-9-20(10-8-16)14-27-19(4)22(18(3)25-27)11-12-23(28)26-13-5-6-21(15-26)17(2)24/h7-10,17,21H,5-6,11-15,24H2,1-4H3. The molecule has 2 aromatic rings. The maximum absolute atomic E-state index is 12.7. The Kier molecular flexibility index (Phi) is 6.55. The molecule has 1 aromatic heterocycles. The predicted molar refractivity (Wildman–Crippen MR) is 113 cm³/mol. The molecule has 2 heterocycles. The molecule has 0 spiro atoms. The molecule has 0 bridgehead atoms. The molecule has 1 saturated heterocycles. The number of aryl methyl sites for hydroxylation is 2. The van der Waals surface area contributed by atoms with Crippen molar-refractivity contribution in [1.29, 1.82) is 0 Å². The van der Waals surface area contributed by atoms with E-state index in [2.05, 4.69) is 42.8 Å². The second-order valence-corrected chi connectivity index (χ2v) is 8.39. The van der Waals surface area contributed by atoms with E-state index in [9.17, 15) is 4.79 Å². The van der Waals surface area contributed by atoms with E-state index in [4.69, 9.17) is 10.8 Å². The van der Waals surface area contributed by atoms with Gasteiger partial charge in [-0.25, -0.2) is 0 Å². The minimum Gasteiger partial charge on any atom is -0.342 e. The van der Waals surface area contributed by atoms with Crippen LogP contribution in [0.15, 0.2) is 24.3 Å². The van der Waals surface area contributed by atoms with Crippen LogP contribution in [0.3, 0.4) is 0 Å². The first-order valence-corrected chi connectivity index (χ1v) is 10.5. The van der Waals surface area contributed by atoms with Gasteiger partial charge in [-0.1, -0.05) is 29.8 Å². The van der Waals surface area contributed by atoms with Crippen LogP contribution >= 0.6 is 0 Å². The number of amides is 1. The minimum absolute atomic E-state index is 0.153. The molecule has 0 aliphatic carbocycles. The molecule has 2 atom stereocenters. The van der Waals surface area contributed by atoms with Gasteiger partial charge in [0.1, 0.15) is 0 Å². The zero-order valence-corrected chi connectivity index (χ0v) is 17.7. The largest absolute Gasteiger partial charge is 0.342 e. The third-order valence-corrected chi connectivity index (χ3v) is 6.13. The Morgan fingerprint density at radius 1 is 1.25 bits per heavy atom. The first kappa shape index (κ1) is 20.6. The van der Waals surface area contributed by atoms with E-state index in [0.29, 0.717) is 12.3 Å². The van der Waals surface area contributed by atoms with Gasteiger partial charge in [-0.15, -0.1) is 0 Å². The summed E-state index contributed by atoms with van der Waals surface area (Å²) >= 11 is 0. The van der Waals surface area contributed by atoms with E-state index in [1.807, 2.05) is 18.7 Å². The van der Waals surface area contributed by atoms with Crippen molar-refractivity contribution in [3.05, 3.63) is 52.3 Å². The lowest BCUT2D eigenvalue weighted by molar-refractivity contribution is -0.133. The number of nitrogens with two attached hydrogens (primary N) is 1. The lowest BCUT2D eigenvalue weighted by Crippen LogP contribution is -2.45. The van der Waals surface area contributed by atoms with Crippen LogP contribution in [0.4, 0.5) is 0 Å². The molecule has 3 rings (SSSR count). The fraction of sp³-hybridized carbons (Fsp3) is 0.565. The Morgan fingerprint density at radius 2 is 1.96 bits per heavy atom.